The minimum Gasteiger partial charge on any atom is -0.354 e. The van der Waals surface area contributed by atoms with Crippen molar-refractivity contribution in [1.29, 1.82) is 0 Å². The summed E-state index contributed by atoms with van der Waals surface area (Å²) in [6, 6.07) is 0.657. The first-order valence-electron chi connectivity index (χ1n) is 4.81. The van der Waals surface area contributed by atoms with Crippen molar-refractivity contribution in [3.8, 4) is 0 Å². The molecule has 0 aromatic carbocycles. The van der Waals surface area contributed by atoms with E-state index in [1.807, 2.05) is 0 Å². The molecule has 1 aliphatic carbocycles. The van der Waals surface area contributed by atoms with Crippen LogP contribution in [0.15, 0.2) is 10.9 Å². The monoisotopic (exact) mass is 217 g/mol. The Hall–Kier alpha value is -1.26. The summed E-state index contributed by atoms with van der Waals surface area (Å²) in [6.07, 6.45) is -1.63. The zero-order valence-electron chi connectivity index (χ0n) is 7.95. The molecule has 1 heterocycles. The molecule has 0 fully saturated rings. The smallest absolute Gasteiger partial charge is 0.354 e. The van der Waals surface area contributed by atoms with E-state index in [2.05, 4.69) is 4.98 Å². The largest absolute Gasteiger partial charge is 0.431 e. The highest BCUT2D eigenvalue weighted by Crippen LogP contribution is 2.28. The SMILES string of the molecule is O=c1cc(C(F)(F)F)[nH]c2c1CCCC2. The van der Waals surface area contributed by atoms with Gasteiger partial charge in [-0.15, -0.1) is 0 Å². The molecule has 0 radical (unpaired) electrons. The lowest BCUT2D eigenvalue weighted by molar-refractivity contribution is -0.141. The summed E-state index contributed by atoms with van der Waals surface area (Å²) in [5.41, 5.74) is -0.445. The quantitative estimate of drug-likeness (QED) is 0.710. The van der Waals surface area contributed by atoms with Crippen molar-refractivity contribution in [2.75, 3.05) is 0 Å². The fourth-order valence-corrected chi connectivity index (χ4v) is 1.88. The van der Waals surface area contributed by atoms with Crippen LogP contribution in [0.1, 0.15) is 29.8 Å². The van der Waals surface area contributed by atoms with Crippen LogP contribution >= 0.6 is 0 Å². The molecule has 1 aliphatic rings. The van der Waals surface area contributed by atoms with Crippen LogP contribution in [-0.2, 0) is 19.0 Å². The summed E-state index contributed by atoms with van der Waals surface area (Å²) in [5.74, 6) is 0. The molecule has 15 heavy (non-hydrogen) atoms. The van der Waals surface area contributed by atoms with Crippen LogP contribution in [0.25, 0.3) is 0 Å². The molecule has 2 rings (SSSR count). The third kappa shape index (κ3) is 1.91. The van der Waals surface area contributed by atoms with Gasteiger partial charge in [0.1, 0.15) is 5.69 Å². The molecule has 0 aliphatic heterocycles. The molecule has 1 aromatic heterocycles. The van der Waals surface area contributed by atoms with Gasteiger partial charge in [-0.1, -0.05) is 0 Å². The molecular formula is C10H10F3NO. The van der Waals surface area contributed by atoms with Gasteiger partial charge in [0.15, 0.2) is 5.43 Å². The molecule has 0 spiro atoms. The van der Waals surface area contributed by atoms with Crippen LogP contribution in [0, 0.1) is 0 Å². The number of aryl methyl sites for hydroxylation is 1. The molecule has 0 atom stereocenters. The van der Waals surface area contributed by atoms with Crippen molar-refractivity contribution in [2.45, 2.75) is 31.9 Å². The highest BCUT2D eigenvalue weighted by atomic mass is 19.4. The average Bonchev–Trinajstić information content (AvgIpc) is 2.16. The number of alkyl halides is 3. The Morgan fingerprint density at radius 1 is 1.20 bits per heavy atom. The van der Waals surface area contributed by atoms with Crippen LogP contribution in [0.5, 0.6) is 0 Å². The van der Waals surface area contributed by atoms with Crippen LogP contribution in [-0.4, -0.2) is 4.98 Å². The van der Waals surface area contributed by atoms with E-state index in [4.69, 9.17) is 0 Å². The maximum Gasteiger partial charge on any atom is 0.431 e. The first kappa shape index (κ1) is 10.3. The Labute approximate surface area is 84.1 Å². The number of hydrogen-bond acceptors (Lipinski definition) is 1. The van der Waals surface area contributed by atoms with Crippen LogP contribution in [0.4, 0.5) is 13.2 Å². The van der Waals surface area contributed by atoms with Gasteiger partial charge in [-0.05, 0) is 25.7 Å². The maximum absolute atomic E-state index is 12.4. The standard InChI is InChI=1S/C10H10F3NO/c11-10(12,13)9-5-8(15)6-3-1-2-4-7(6)14-9/h5H,1-4H2,(H,14,15). The zero-order chi connectivity index (χ0) is 11.1. The Morgan fingerprint density at radius 2 is 1.87 bits per heavy atom. The van der Waals surface area contributed by atoms with Gasteiger partial charge in [-0.3, -0.25) is 4.79 Å². The van der Waals surface area contributed by atoms with Crippen molar-refractivity contribution in [1.82, 2.24) is 4.98 Å². The third-order valence-electron chi connectivity index (χ3n) is 2.63. The summed E-state index contributed by atoms with van der Waals surface area (Å²) < 4.78 is 37.1. The van der Waals surface area contributed by atoms with E-state index in [9.17, 15) is 18.0 Å². The summed E-state index contributed by atoms with van der Waals surface area (Å²) in [4.78, 5) is 13.7. The molecule has 5 heteroatoms. The Morgan fingerprint density at radius 3 is 2.53 bits per heavy atom. The molecule has 0 saturated heterocycles. The highest BCUT2D eigenvalue weighted by Gasteiger charge is 2.33. The number of aromatic amines is 1. The topological polar surface area (TPSA) is 32.9 Å². The number of aromatic nitrogens is 1. The van der Waals surface area contributed by atoms with Crippen LogP contribution in [0.2, 0.25) is 0 Å². The van der Waals surface area contributed by atoms with Gasteiger partial charge in [0, 0.05) is 17.3 Å². The van der Waals surface area contributed by atoms with Crippen molar-refractivity contribution < 1.29 is 13.2 Å². The number of H-pyrrole nitrogens is 1. The lowest BCUT2D eigenvalue weighted by atomic mass is 9.95. The van der Waals surface area contributed by atoms with E-state index in [-0.39, 0.29) is 0 Å². The number of halogens is 3. The fraction of sp³-hybridized carbons (Fsp3) is 0.500. The van der Waals surface area contributed by atoms with Gasteiger partial charge in [0.05, 0.1) is 0 Å². The fourth-order valence-electron chi connectivity index (χ4n) is 1.88. The van der Waals surface area contributed by atoms with Crippen LogP contribution < -0.4 is 5.43 Å². The first-order valence-corrected chi connectivity index (χ1v) is 4.81. The molecule has 1 N–H and O–H groups in total. The molecule has 2 nitrogen and oxygen atoms in total. The van der Waals surface area contributed by atoms with Gasteiger partial charge >= 0.3 is 6.18 Å². The molecule has 0 saturated carbocycles. The molecule has 0 bridgehead atoms. The third-order valence-corrected chi connectivity index (χ3v) is 2.63. The number of hydrogen-bond donors (Lipinski definition) is 1. The van der Waals surface area contributed by atoms with Crippen molar-refractivity contribution in [3.63, 3.8) is 0 Å². The van der Waals surface area contributed by atoms with Gasteiger partial charge in [0.25, 0.3) is 0 Å². The van der Waals surface area contributed by atoms with E-state index in [1.54, 1.807) is 0 Å². The minimum atomic E-state index is -4.47. The van der Waals surface area contributed by atoms with Crippen molar-refractivity contribution in [3.05, 3.63) is 33.2 Å². The summed E-state index contributed by atoms with van der Waals surface area (Å²) in [5, 5.41) is 0. The van der Waals surface area contributed by atoms with E-state index in [0.29, 0.717) is 30.2 Å². The number of nitrogens with one attached hydrogen (secondary N) is 1. The molecule has 82 valence electrons. The lowest BCUT2D eigenvalue weighted by Gasteiger charge is -2.16. The molecule has 0 amide bonds. The average molecular weight is 217 g/mol. The van der Waals surface area contributed by atoms with Crippen molar-refractivity contribution >= 4 is 0 Å². The van der Waals surface area contributed by atoms with E-state index >= 15 is 0 Å². The molecule has 1 aromatic rings. The molecule has 0 unspecified atom stereocenters. The Kier molecular flexibility index (Phi) is 2.32. The normalized spacial score (nSPS) is 16.2. The predicted octanol–water partition coefficient (Wildman–Crippen LogP) is 2.27. The zero-order valence-corrected chi connectivity index (χ0v) is 7.95. The number of fused-ring (bicyclic) bond motifs is 1. The lowest BCUT2D eigenvalue weighted by Crippen LogP contribution is -2.22. The van der Waals surface area contributed by atoms with Crippen LogP contribution in [0.3, 0.4) is 0 Å². The maximum atomic E-state index is 12.4. The van der Waals surface area contributed by atoms with Gasteiger partial charge < -0.3 is 4.98 Å². The second kappa shape index (κ2) is 3.40. The second-order valence-electron chi connectivity index (χ2n) is 3.71. The minimum absolute atomic E-state index is 0.459. The van der Waals surface area contributed by atoms with Gasteiger partial charge in [-0.2, -0.15) is 13.2 Å². The Balaban J connectivity index is 2.55. The predicted molar refractivity (Wildman–Crippen MR) is 48.7 cm³/mol. The Bertz CT molecular complexity index is 433. The first-order chi connectivity index (χ1) is 6.98. The van der Waals surface area contributed by atoms with E-state index < -0.39 is 17.3 Å². The van der Waals surface area contributed by atoms with Crippen molar-refractivity contribution in [2.24, 2.45) is 0 Å². The summed E-state index contributed by atoms with van der Waals surface area (Å²) >= 11 is 0. The summed E-state index contributed by atoms with van der Waals surface area (Å²) in [7, 11) is 0. The molecular weight excluding hydrogens is 207 g/mol. The van der Waals surface area contributed by atoms with E-state index in [1.165, 1.54) is 0 Å². The number of rotatable bonds is 0. The second-order valence-corrected chi connectivity index (χ2v) is 3.71. The van der Waals surface area contributed by atoms with Gasteiger partial charge in [-0.25, -0.2) is 0 Å². The number of pyridine rings is 1. The van der Waals surface area contributed by atoms with Gasteiger partial charge in [0.2, 0.25) is 0 Å². The summed E-state index contributed by atoms with van der Waals surface area (Å²) in [6.45, 7) is 0. The highest BCUT2D eigenvalue weighted by molar-refractivity contribution is 5.26. The van der Waals surface area contributed by atoms with E-state index in [0.717, 1.165) is 12.8 Å².